The van der Waals surface area contributed by atoms with Gasteiger partial charge in [-0.05, 0) is 47.5 Å². The van der Waals surface area contributed by atoms with Crippen LogP contribution < -0.4 is 5.32 Å². The molecule has 7 heteroatoms. The zero-order valence-electron chi connectivity index (χ0n) is 10.1. The average Bonchev–Trinajstić information content (AvgIpc) is 2.85. The van der Waals surface area contributed by atoms with Gasteiger partial charge in [0, 0.05) is 4.88 Å². The highest BCUT2D eigenvalue weighted by Crippen LogP contribution is 2.33. The second-order valence-electron chi connectivity index (χ2n) is 3.85. The molecule has 0 atom stereocenters. The van der Waals surface area contributed by atoms with E-state index in [1.807, 2.05) is 6.92 Å². The Morgan fingerprint density at radius 2 is 1.95 bits per heavy atom. The quantitative estimate of drug-likeness (QED) is 0.865. The third-order valence-corrected chi connectivity index (χ3v) is 5.37. The van der Waals surface area contributed by atoms with Crippen molar-refractivity contribution in [2.24, 2.45) is 0 Å². The van der Waals surface area contributed by atoms with Crippen LogP contribution in [-0.2, 0) is 0 Å². The molecule has 0 bridgehead atoms. The van der Waals surface area contributed by atoms with Gasteiger partial charge in [-0.2, -0.15) is 0 Å². The van der Waals surface area contributed by atoms with E-state index in [9.17, 15) is 14.7 Å². The SMILES string of the molecule is Cc1sc(NC(=O)c2ccc(Br)s2)c(C(=O)O)c1C. The van der Waals surface area contributed by atoms with Gasteiger partial charge < -0.3 is 10.4 Å². The number of aromatic carboxylic acids is 1. The molecule has 100 valence electrons. The summed E-state index contributed by atoms with van der Waals surface area (Å²) in [5, 5.41) is 12.3. The number of nitrogens with one attached hydrogen (secondary N) is 1. The molecule has 2 aromatic heterocycles. The summed E-state index contributed by atoms with van der Waals surface area (Å²) in [7, 11) is 0. The van der Waals surface area contributed by atoms with E-state index < -0.39 is 5.97 Å². The number of carbonyl (C=O) groups is 2. The van der Waals surface area contributed by atoms with E-state index in [1.165, 1.54) is 22.7 Å². The second kappa shape index (κ2) is 5.44. The first-order valence-corrected chi connectivity index (χ1v) is 7.72. The number of hydrogen-bond acceptors (Lipinski definition) is 4. The molecule has 2 rings (SSSR count). The molecule has 0 unspecified atom stereocenters. The number of aryl methyl sites for hydroxylation is 1. The van der Waals surface area contributed by atoms with Crippen LogP contribution in [0.4, 0.5) is 5.00 Å². The third-order valence-electron chi connectivity index (χ3n) is 2.62. The number of carbonyl (C=O) groups excluding carboxylic acids is 1. The fourth-order valence-electron chi connectivity index (χ4n) is 1.57. The monoisotopic (exact) mass is 359 g/mol. The minimum atomic E-state index is -1.02. The first-order chi connectivity index (χ1) is 8.90. The molecule has 0 saturated heterocycles. The maximum absolute atomic E-state index is 12.0. The van der Waals surface area contributed by atoms with Gasteiger partial charge in [0.05, 0.1) is 14.2 Å². The lowest BCUT2D eigenvalue weighted by Crippen LogP contribution is -2.12. The lowest BCUT2D eigenvalue weighted by Gasteiger charge is -2.02. The van der Waals surface area contributed by atoms with Crippen LogP contribution in [-0.4, -0.2) is 17.0 Å². The van der Waals surface area contributed by atoms with Crippen molar-refractivity contribution in [3.05, 3.63) is 36.8 Å². The minimum Gasteiger partial charge on any atom is -0.478 e. The van der Waals surface area contributed by atoms with Crippen LogP contribution in [0.15, 0.2) is 15.9 Å². The molecular weight excluding hydrogens is 350 g/mol. The number of thiophene rings is 2. The first-order valence-electron chi connectivity index (χ1n) is 5.30. The number of hydrogen-bond donors (Lipinski definition) is 2. The molecule has 0 aliphatic rings. The Morgan fingerprint density at radius 1 is 1.26 bits per heavy atom. The summed E-state index contributed by atoms with van der Waals surface area (Å²) < 4.78 is 0.856. The fourth-order valence-corrected chi connectivity index (χ4v) is 3.90. The van der Waals surface area contributed by atoms with Gasteiger partial charge in [0.1, 0.15) is 5.00 Å². The maximum Gasteiger partial charge on any atom is 0.338 e. The van der Waals surface area contributed by atoms with E-state index in [4.69, 9.17) is 0 Å². The van der Waals surface area contributed by atoms with Gasteiger partial charge in [-0.1, -0.05) is 0 Å². The Hall–Kier alpha value is -1.18. The second-order valence-corrected chi connectivity index (χ2v) is 7.54. The molecular formula is C12H10BrNO3S2. The number of carboxylic acid groups (broad SMARTS) is 1. The zero-order chi connectivity index (χ0) is 14.2. The summed E-state index contributed by atoms with van der Waals surface area (Å²) in [6.07, 6.45) is 0. The van der Waals surface area contributed by atoms with Crippen LogP contribution in [0.2, 0.25) is 0 Å². The Bertz CT molecular complexity index is 660. The van der Waals surface area contributed by atoms with Crippen LogP contribution in [0.1, 0.15) is 30.5 Å². The molecule has 0 aromatic carbocycles. The van der Waals surface area contributed by atoms with Gasteiger partial charge >= 0.3 is 5.97 Å². The summed E-state index contributed by atoms with van der Waals surface area (Å²) in [4.78, 5) is 24.7. The highest BCUT2D eigenvalue weighted by molar-refractivity contribution is 9.11. The highest BCUT2D eigenvalue weighted by atomic mass is 79.9. The van der Waals surface area contributed by atoms with Crippen LogP contribution in [0.3, 0.4) is 0 Å². The molecule has 2 N–H and O–H groups in total. The van der Waals surface area contributed by atoms with Crippen LogP contribution in [0, 0.1) is 13.8 Å². The van der Waals surface area contributed by atoms with Crippen molar-refractivity contribution < 1.29 is 14.7 Å². The number of anilines is 1. The van der Waals surface area contributed by atoms with Crippen molar-refractivity contribution in [3.8, 4) is 0 Å². The summed E-state index contributed by atoms with van der Waals surface area (Å²) in [6, 6.07) is 3.47. The Labute approximate surface area is 126 Å². The van der Waals surface area contributed by atoms with Gasteiger partial charge in [0.2, 0.25) is 0 Å². The van der Waals surface area contributed by atoms with Crippen LogP contribution in [0.25, 0.3) is 0 Å². The van der Waals surface area contributed by atoms with Crippen LogP contribution in [0.5, 0.6) is 0 Å². The smallest absolute Gasteiger partial charge is 0.338 e. The van der Waals surface area contributed by atoms with Crippen molar-refractivity contribution in [1.29, 1.82) is 0 Å². The molecule has 19 heavy (non-hydrogen) atoms. The molecule has 0 fully saturated rings. The summed E-state index contributed by atoms with van der Waals surface area (Å²) in [6.45, 7) is 3.58. The maximum atomic E-state index is 12.0. The van der Waals surface area contributed by atoms with E-state index in [0.29, 0.717) is 15.4 Å². The van der Waals surface area contributed by atoms with E-state index in [1.54, 1.807) is 19.1 Å². The highest BCUT2D eigenvalue weighted by Gasteiger charge is 2.21. The first kappa shape index (κ1) is 14.2. The normalized spacial score (nSPS) is 10.5. The van der Waals surface area contributed by atoms with E-state index in [0.717, 1.165) is 8.66 Å². The lowest BCUT2D eigenvalue weighted by molar-refractivity contribution is 0.0697. The molecule has 4 nitrogen and oxygen atoms in total. The summed E-state index contributed by atoms with van der Waals surface area (Å²) in [5.74, 6) is -1.32. The van der Waals surface area contributed by atoms with Gasteiger partial charge in [0.15, 0.2) is 0 Å². The molecule has 0 aliphatic carbocycles. The van der Waals surface area contributed by atoms with Crippen molar-refractivity contribution in [3.63, 3.8) is 0 Å². The molecule has 0 spiro atoms. The third kappa shape index (κ3) is 2.88. The molecule has 1 amide bonds. The Kier molecular flexibility index (Phi) is 4.07. The van der Waals surface area contributed by atoms with E-state index >= 15 is 0 Å². The fraction of sp³-hybridized carbons (Fsp3) is 0.167. The number of halogens is 1. The molecule has 0 saturated carbocycles. The molecule has 2 heterocycles. The van der Waals surface area contributed by atoms with Crippen molar-refractivity contribution >= 4 is 55.5 Å². The van der Waals surface area contributed by atoms with Gasteiger partial charge in [-0.25, -0.2) is 4.79 Å². The number of carboxylic acids is 1. The minimum absolute atomic E-state index is 0.173. The van der Waals surface area contributed by atoms with Gasteiger partial charge in [-0.3, -0.25) is 4.79 Å². The van der Waals surface area contributed by atoms with E-state index in [-0.39, 0.29) is 11.5 Å². The van der Waals surface area contributed by atoms with Gasteiger partial charge in [0.25, 0.3) is 5.91 Å². The molecule has 0 aliphatic heterocycles. The predicted octanol–water partition coefficient (Wildman–Crippen LogP) is 4.14. The van der Waals surface area contributed by atoms with Crippen molar-refractivity contribution in [2.45, 2.75) is 13.8 Å². The van der Waals surface area contributed by atoms with Crippen LogP contribution >= 0.6 is 38.6 Å². The van der Waals surface area contributed by atoms with Crippen molar-refractivity contribution in [1.82, 2.24) is 0 Å². The van der Waals surface area contributed by atoms with E-state index in [2.05, 4.69) is 21.2 Å². The van der Waals surface area contributed by atoms with Gasteiger partial charge in [-0.15, -0.1) is 22.7 Å². The molecule has 2 aromatic rings. The standard InChI is InChI=1S/C12H10BrNO3S2/c1-5-6(2)18-11(9(5)12(16)17)14-10(15)7-3-4-8(13)19-7/h3-4H,1-2H3,(H,14,15)(H,16,17). The Balaban J connectivity index is 2.31. The Morgan fingerprint density at radius 3 is 2.47 bits per heavy atom. The zero-order valence-corrected chi connectivity index (χ0v) is 13.3. The van der Waals surface area contributed by atoms with Crippen molar-refractivity contribution in [2.75, 3.05) is 5.32 Å². The number of amides is 1. The summed E-state index contributed by atoms with van der Waals surface area (Å²) >= 11 is 5.87. The average molecular weight is 360 g/mol. The largest absolute Gasteiger partial charge is 0.478 e. The topological polar surface area (TPSA) is 66.4 Å². The predicted molar refractivity (Wildman–Crippen MR) is 80.7 cm³/mol. The lowest BCUT2D eigenvalue weighted by atomic mass is 10.1. The summed E-state index contributed by atoms with van der Waals surface area (Å²) in [5.41, 5.74) is 0.867. The number of rotatable bonds is 3. The molecule has 0 radical (unpaired) electrons.